The summed E-state index contributed by atoms with van der Waals surface area (Å²) in [6, 6.07) is 22.4. The van der Waals surface area contributed by atoms with E-state index < -0.39 is 5.97 Å². The highest BCUT2D eigenvalue weighted by molar-refractivity contribution is 6.05. The molecule has 0 saturated carbocycles. The van der Waals surface area contributed by atoms with Gasteiger partial charge in [0.15, 0.2) is 0 Å². The van der Waals surface area contributed by atoms with Crippen LogP contribution in [0.25, 0.3) is 10.9 Å². The maximum Gasteiger partial charge on any atom is 0.337 e. The largest absolute Gasteiger partial charge is 0.497 e. The number of ether oxygens (including phenoxy) is 2. The van der Waals surface area contributed by atoms with Crippen LogP contribution in [0.2, 0.25) is 0 Å². The summed E-state index contributed by atoms with van der Waals surface area (Å²) in [5.74, 6) is 0.982. The Hall–Kier alpha value is -4.26. The van der Waals surface area contributed by atoms with E-state index in [0.717, 1.165) is 16.8 Å². The molecule has 0 radical (unpaired) electrons. The molecule has 4 aromatic rings. The first-order chi connectivity index (χ1) is 16.1. The molecule has 0 atom stereocenters. The second-order valence-electron chi connectivity index (χ2n) is 7.26. The predicted molar refractivity (Wildman–Crippen MR) is 127 cm³/mol. The Labute approximate surface area is 191 Å². The average molecular weight is 444 g/mol. The van der Waals surface area contributed by atoms with Gasteiger partial charge in [0.25, 0.3) is 0 Å². The van der Waals surface area contributed by atoms with E-state index in [1.165, 1.54) is 0 Å². The number of carboxylic acids is 1. The third kappa shape index (κ3) is 4.98. The SMILES string of the molecule is CCO/N=C(\Cn1cc(C(=O)O)c2cc(OC)ccc21)c1cccc(Oc2ccccc2)c1. The van der Waals surface area contributed by atoms with Gasteiger partial charge in [0.05, 0.1) is 19.2 Å². The Morgan fingerprint density at radius 3 is 2.48 bits per heavy atom. The van der Waals surface area contributed by atoms with Crippen LogP contribution in [0, 0.1) is 0 Å². The van der Waals surface area contributed by atoms with Gasteiger partial charge >= 0.3 is 5.97 Å². The van der Waals surface area contributed by atoms with E-state index in [1.54, 1.807) is 25.4 Å². The molecule has 1 aromatic heterocycles. The van der Waals surface area contributed by atoms with Crippen LogP contribution in [-0.2, 0) is 11.4 Å². The normalized spacial score (nSPS) is 11.4. The van der Waals surface area contributed by atoms with Crippen LogP contribution in [0.4, 0.5) is 0 Å². The van der Waals surface area contributed by atoms with Crippen molar-refractivity contribution in [3.63, 3.8) is 0 Å². The smallest absolute Gasteiger partial charge is 0.337 e. The van der Waals surface area contributed by atoms with Crippen molar-refractivity contribution in [3.8, 4) is 17.2 Å². The maximum absolute atomic E-state index is 11.8. The van der Waals surface area contributed by atoms with Crippen molar-refractivity contribution in [2.24, 2.45) is 5.16 Å². The van der Waals surface area contributed by atoms with E-state index in [9.17, 15) is 9.90 Å². The molecule has 0 aliphatic heterocycles. The Balaban J connectivity index is 1.71. The van der Waals surface area contributed by atoms with Gasteiger partial charge in [0.1, 0.15) is 29.6 Å². The molecule has 3 aromatic carbocycles. The highest BCUT2D eigenvalue weighted by Gasteiger charge is 2.17. The number of nitrogens with zero attached hydrogens (tertiary/aromatic N) is 2. The second-order valence-corrected chi connectivity index (χ2v) is 7.26. The fraction of sp³-hybridized carbons (Fsp3) is 0.154. The number of hydrogen-bond acceptors (Lipinski definition) is 5. The molecule has 7 heteroatoms. The predicted octanol–water partition coefficient (Wildman–Crippen LogP) is 5.58. The summed E-state index contributed by atoms with van der Waals surface area (Å²) in [7, 11) is 1.55. The number of oxime groups is 1. The lowest BCUT2D eigenvalue weighted by Crippen LogP contribution is -2.12. The lowest BCUT2D eigenvalue weighted by Gasteiger charge is -2.12. The van der Waals surface area contributed by atoms with Crippen LogP contribution < -0.4 is 9.47 Å². The van der Waals surface area contributed by atoms with Gasteiger partial charge < -0.3 is 24.0 Å². The Morgan fingerprint density at radius 2 is 1.76 bits per heavy atom. The Bertz CT molecular complexity index is 1290. The van der Waals surface area contributed by atoms with Gasteiger partial charge in [-0.3, -0.25) is 0 Å². The van der Waals surface area contributed by atoms with E-state index in [4.69, 9.17) is 14.3 Å². The Kier molecular flexibility index (Phi) is 6.59. The summed E-state index contributed by atoms with van der Waals surface area (Å²) in [5.41, 5.74) is 2.40. The van der Waals surface area contributed by atoms with Gasteiger partial charge in [-0.1, -0.05) is 35.5 Å². The molecular formula is C26H24N2O5. The van der Waals surface area contributed by atoms with Crippen LogP contribution in [0.5, 0.6) is 17.2 Å². The summed E-state index contributed by atoms with van der Waals surface area (Å²) in [5, 5.41) is 14.6. The van der Waals surface area contributed by atoms with Gasteiger partial charge in [-0.2, -0.15) is 0 Å². The summed E-state index contributed by atoms with van der Waals surface area (Å²) in [6.45, 7) is 2.58. The molecule has 0 aliphatic carbocycles. The average Bonchev–Trinajstić information content (AvgIpc) is 3.20. The summed E-state index contributed by atoms with van der Waals surface area (Å²) in [4.78, 5) is 17.2. The number of aromatic nitrogens is 1. The number of fused-ring (bicyclic) bond motifs is 1. The lowest BCUT2D eigenvalue weighted by atomic mass is 10.1. The fourth-order valence-electron chi connectivity index (χ4n) is 3.54. The summed E-state index contributed by atoms with van der Waals surface area (Å²) >= 11 is 0. The number of carboxylic acid groups (broad SMARTS) is 1. The zero-order chi connectivity index (χ0) is 23.2. The van der Waals surface area contributed by atoms with E-state index in [2.05, 4.69) is 5.16 Å². The zero-order valence-electron chi connectivity index (χ0n) is 18.4. The molecule has 0 spiro atoms. The number of rotatable bonds is 9. The molecule has 1 heterocycles. The van der Waals surface area contributed by atoms with Crippen LogP contribution in [0.15, 0.2) is 84.1 Å². The Morgan fingerprint density at radius 1 is 0.970 bits per heavy atom. The van der Waals surface area contributed by atoms with Gasteiger partial charge in [-0.05, 0) is 49.4 Å². The lowest BCUT2D eigenvalue weighted by molar-refractivity contribution is 0.0699. The minimum absolute atomic E-state index is 0.195. The molecule has 7 nitrogen and oxygen atoms in total. The fourth-order valence-corrected chi connectivity index (χ4v) is 3.54. The molecule has 0 bridgehead atoms. The zero-order valence-corrected chi connectivity index (χ0v) is 18.4. The van der Waals surface area contributed by atoms with Gasteiger partial charge in [-0.25, -0.2) is 4.79 Å². The van der Waals surface area contributed by atoms with Crippen molar-refractivity contribution in [1.82, 2.24) is 4.57 Å². The van der Waals surface area contributed by atoms with Crippen LogP contribution in [0.3, 0.4) is 0 Å². The van der Waals surface area contributed by atoms with Crippen molar-refractivity contribution in [1.29, 1.82) is 0 Å². The van der Waals surface area contributed by atoms with Gasteiger partial charge in [0.2, 0.25) is 0 Å². The van der Waals surface area contributed by atoms with Gasteiger partial charge in [-0.15, -0.1) is 0 Å². The molecule has 168 valence electrons. The van der Waals surface area contributed by atoms with Crippen LogP contribution in [-0.4, -0.2) is 35.1 Å². The first-order valence-electron chi connectivity index (χ1n) is 10.5. The second kappa shape index (κ2) is 9.91. The van der Waals surface area contributed by atoms with Crippen molar-refractivity contribution in [3.05, 3.63) is 90.1 Å². The molecule has 0 fully saturated rings. The highest BCUT2D eigenvalue weighted by atomic mass is 16.6. The van der Waals surface area contributed by atoms with Crippen LogP contribution >= 0.6 is 0 Å². The van der Waals surface area contributed by atoms with E-state index >= 15 is 0 Å². The molecule has 0 amide bonds. The third-order valence-corrected chi connectivity index (χ3v) is 5.09. The number of benzene rings is 3. The first kappa shape index (κ1) is 22.0. The monoisotopic (exact) mass is 444 g/mol. The number of aromatic carboxylic acids is 1. The maximum atomic E-state index is 11.8. The van der Waals surface area contributed by atoms with Crippen molar-refractivity contribution in [2.75, 3.05) is 13.7 Å². The van der Waals surface area contributed by atoms with Crippen molar-refractivity contribution >= 4 is 22.6 Å². The van der Waals surface area contributed by atoms with Crippen molar-refractivity contribution < 1.29 is 24.2 Å². The number of carbonyl (C=O) groups is 1. The third-order valence-electron chi connectivity index (χ3n) is 5.09. The minimum atomic E-state index is -1.01. The first-order valence-corrected chi connectivity index (χ1v) is 10.5. The molecule has 4 rings (SSSR count). The minimum Gasteiger partial charge on any atom is -0.497 e. The van der Waals surface area contributed by atoms with Crippen LogP contribution in [0.1, 0.15) is 22.8 Å². The number of hydrogen-bond donors (Lipinski definition) is 1. The molecule has 1 N–H and O–H groups in total. The van der Waals surface area contributed by atoms with E-state index in [0.29, 0.717) is 35.7 Å². The summed E-state index contributed by atoms with van der Waals surface area (Å²) in [6.07, 6.45) is 1.61. The van der Waals surface area contributed by atoms with Crippen molar-refractivity contribution in [2.45, 2.75) is 13.5 Å². The molecule has 0 unspecified atom stereocenters. The van der Waals surface area contributed by atoms with E-state index in [-0.39, 0.29) is 5.56 Å². The quantitative estimate of drug-likeness (QED) is 0.269. The molecule has 0 aliphatic rings. The molecule has 0 saturated heterocycles. The highest BCUT2D eigenvalue weighted by Crippen LogP contribution is 2.27. The van der Waals surface area contributed by atoms with E-state index in [1.807, 2.05) is 72.2 Å². The standard InChI is InChI=1S/C26H24N2O5/c1-3-32-27-24(18-8-7-11-21(14-18)33-19-9-5-4-6-10-19)17-28-16-23(26(29)30)22-15-20(31-2)12-13-25(22)28/h4-16H,3,17H2,1-2H3,(H,29,30)/b27-24+. The number of para-hydroxylation sites is 1. The summed E-state index contributed by atoms with van der Waals surface area (Å²) < 4.78 is 13.1. The van der Waals surface area contributed by atoms with Gasteiger partial charge in [0, 0.05) is 22.7 Å². The topological polar surface area (TPSA) is 82.3 Å². The number of methoxy groups -OCH3 is 1. The molecular weight excluding hydrogens is 420 g/mol. The molecule has 33 heavy (non-hydrogen) atoms.